The minimum absolute atomic E-state index is 0.107. The van der Waals surface area contributed by atoms with Crippen LogP contribution in [0.4, 0.5) is 8.78 Å². The van der Waals surface area contributed by atoms with Gasteiger partial charge in [-0.25, -0.2) is 8.78 Å². The maximum absolute atomic E-state index is 13.7. The number of halogens is 2. The summed E-state index contributed by atoms with van der Waals surface area (Å²) in [5, 5.41) is 10.1. The molecule has 0 aliphatic heterocycles. The second-order valence-electron chi connectivity index (χ2n) is 5.53. The molecule has 17 heavy (non-hydrogen) atoms. The molecular formula is C14H16F2O. The van der Waals surface area contributed by atoms with Gasteiger partial charge in [-0.05, 0) is 49.5 Å². The molecule has 0 heterocycles. The minimum atomic E-state index is -0.877. The van der Waals surface area contributed by atoms with E-state index in [4.69, 9.17) is 0 Å². The molecule has 1 aromatic carbocycles. The lowest BCUT2D eigenvalue weighted by atomic mass is 9.91. The van der Waals surface area contributed by atoms with E-state index in [-0.39, 0.29) is 17.0 Å². The number of benzene rings is 1. The lowest BCUT2D eigenvalue weighted by Gasteiger charge is -2.20. The standard InChI is InChI=1S/C14H16F2O/c1-7-2-3-11(13(16)12(7)15)14(17)10-5-8-4-9(8)6-10/h2-3,8-10,14,17H,4-6H2,1H3. The summed E-state index contributed by atoms with van der Waals surface area (Å²) in [6, 6.07) is 3.05. The van der Waals surface area contributed by atoms with Crippen LogP contribution in [-0.2, 0) is 0 Å². The fourth-order valence-electron chi connectivity index (χ4n) is 3.16. The second kappa shape index (κ2) is 3.77. The Kier molecular flexibility index (Phi) is 2.47. The normalized spacial score (nSPS) is 32.4. The molecule has 2 aliphatic carbocycles. The highest BCUT2D eigenvalue weighted by atomic mass is 19.2. The molecule has 3 unspecified atom stereocenters. The number of aliphatic hydroxyl groups is 1. The molecule has 2 fully saturated rings. The van der Waals surface area contributed by atoms with E-state index in [1.54, 1.807) is 0 Å². The molecule has 0 amide bonds. The van der Waals surface area contributed by atoms with Crippen LogP contribution < -0.4 is 0 Å². The van der Waals surface area contributed by atoms with Gasteiger partial charge >= 0.3 is 0 Å². The first kappa shape index (κ1) is 11.1. The zero-order valence-corrected chi connectivity index (χ0v) is 9.79. The van der Waals surface area contributed by atoms with Crippen molar-refractivity contribution in [3.05, 3.63) is 34.9 Å². The van der Waals surface area contributed by atoms with E-state index in [9.17, 15) is 13.9 Å². The molecule has 3 atom stereocenters. The predicted octanol–water partition coefficient (Wildman–Crippen LogP) is 3.35. The van der Waals surface area contributed by atoms with Crippen LogP contribution in [0.1, 0.15) is 36.5 Å². The van der Waals surface area contributed by atoms with Gasteiger partial charge in [0.1, 0.15) is 0 Å². The van der Waals surface area contributed by atoms with Crippen LogP contribution in [0.3, 0.4) is 0 Å². The number of rotatable bonds is 2. The number of aryl methyl sites for hydroxylation is 1. The molecule has 0 radical (unpaired) electrons. The molecule has 2 saturated carbocycles. The summed E-state index contributed by atoms with van der Waals surface area (Å²) in [6.45, 7) is 1.53. The molecule has 0 bridgehead atoms. The lowest BCUT2D eigenvalue weighted by Crippen LogP contribution is -2.13. The van der Waals surface area contributed by atoms with Crippen molar-refractivity contribution < 1.29 is 13.9 Å². The van der Waals surface area contributed by atoms with E-state index in [1.807, 2.05) is 0 Å². The van der Waals surface area contributed by atoms with E-state index in [2.05, 4.69) is 0 Å². The average Bonchev–Trinajstić information content (AvgIpc) is 2.93. The molecule has 92 valence electrons. The van der Waals surface area contributed by atoms with Crippen molar-refractivity contribution in [1.82, 2.24) is 0 Å². The minimum Gasteiger partial charge on any atom is -0.388 e. The third kappa shape index (κ3) is 1.77. The third-order valence-corrected chi connectivity index (χ3v) is 4.35. The molecule has 0 spiro atoms. The van der Waals surface area contributed by atoms with Crippen LogP contribution in [-0.4, -0.2) is 5.11 Å². The highest BCUT2D eigenvalue weighted by Gasteiger charge is 2.48. The fourth-order valence-corrected chi connectivity index (χ4v) is 3.16. The summed E-state index contributed by atoms with van der Waals surface area (Å²) in [7, 11) is 0. The lowest BCUT2D eigenvalue weighted by molar-refractivity contribution is 0.0998. The van der Waals surface area contributed by atoms with Gasteiger partial charge in [-0.15, -0.1) is 0 Å². The fraction of sp³-hybridized carbons (Fsp3) is 0.571. The van der Waals surface area contributed by atoms with Crippen LogP contribution in [0.2, 0.25) is 0 Å². The third-order valence-electron chi connectivity index (χ3n) is 4.35. The first-order valence-corrected chi connectivity index (χ1v) is 6.20. The maximum Gasteiger partial charge on any atom is 0.164 e. The molecule has 0 saturated heterocycles. The highest BCUT2D eigenvalue weighted by Crippen LogP contribution is 2.57. The monoisotopic (exact) mass is 238 g/mol. The van der Waals surface area contributed by atoms with Crippen molar-refractivity contribution >= 4 is 0 Å². The summed E-state index contributed by atoms with van der Waals surface area (Å²) in [5.74, 6) is -0.140. The summed E-state index contributed by atoms with van der Waals surface area (Å²) < 4.78 is 27.2. The second-order valence-corrected chi connectivity index (χ2v) is 5.53. The molecule has 3 heteroatoms. The maximum atomic E-state index is 13.7. The summed E-state index contributed by atoms with van der Waals surface area (Å²) in [4.78, 5) is 0. The number of hydrogen-bond acceptors (Lipinski definition) is 1. The van der Waals surface area contributed by atoms with Crippen LogP contribution in [0.5, 0.6) is 0 Å². The van der Waals surface area contributed by atoms with Gasteiger partial charge in [-0.1, -0.05) is 12.1 Å². The van der Waals surface area contributed by atoms with Gasteiger partial charge < -0.3 is 5.11 Å². The average molecular weight is 238 g/mol. The van der Waals surface area contributed by atoms with Crippen molar-refractivity contribution in [3.8, 4) is 0 Å². The molecule has 1 aromatic rings. The Balaban J connectivity index is 1.85. The SMILES string of the molecule is Cc1ccc(C(O)C2CC3CC3C2)c(F)c1F. The Labute approximate surface area is 99.5 Å². The van der Waals surface area contributed by atoms with E-state index < -0.39 is 17.7 Å². The van der Waals surface area contributed by atoms with Crippen LogP contribution in [0.25, 0.3) is 0 Å². The quantitative estimate of drug-likeness (QED) is 0.837. The predicted molar refractivity (Wildman–Crippen MR) is 60.4 cm³/mol. The smallest absolute Gasteiger partial charge is 0.164 e. The molecule has 2 aliphatic rings. The molecule has 1 nitrogen and oxygen atoms in total. The van der Waals surface area contributed by atoms with E-state index in [0.717, 1.165) is 24.7 Å². The van der Waals surface area contributed by atoms with Crippen LogP contribution >= 0.6 is 0 Å². The van der Waals surface area contributed by atoms with Gasteiger partial charge in [0.15, 0.2) is 11.6 Å². The van der Waals surface area contributed by atoms with E-state index >= 15 is 0 Å². The number of hydrogen-bond donors (Lipinski definition) is 1. The summed E-state index contributed by atoms with van der Waals surface area (Å²) in [6.07, 6.45) is 2.33. The van der Waals surface area contributed by atoms with Crippen LogP contribution in [0.15, 0.2) is 12.1 Å². The number of aliphatic hydroxyl groups excluding tert-OH is 1. The van der Waals surface area contributed by atoms with Gasteiger partial charge in [-0.3, -0.25) is 0 Å². The van der Waals surface area contributed by atoms with Crippen LogP contribution in [0, 0.1) is 36.3 Å². The molecule has 0 aromatic heterocycles. The first-order chi connectivity index (χ1) is 8.08. The Morgan fingerprint density at radius 2 is 1.76 bits per heavy atom. The van der Waals surface area contributed by atoms with Gasteiger partial charge in [0.2, 0.25) is 0 Å². The first-order valence-electron chi connectivity index (χ1n) is 6.20. The van der Waals surface area contributed by atoms with Crippen molar-refractivity contribution in [1.29, 1.82) is 0 Å². The molecule has 1 N–H and O–H groups in total. The number of fused-ring (bicyclic) bond motifs is 1. The zero-order chi connectivity index (χ0) is 12.2. The Morgan fingerprint density at radius 1 is 1.12 bits per heavy atom. The van der Waals surface area contributed by atoms with Crippen molar-refractivity contribution in [2.45, 2.75) is 32.3 Å². The van der Waals surface area contributed by atoms with Gasteiger partial charge in [0, 0.05) is 5.56 Å². The Hall–Kier alpha value is -0.960. The zero-order valence-electron chi connectivity index (χ0n) is 9.79. The molecular weight excluding hydrogens is 222 g/mol. The van der Waals surface area contributed by atoms with E-state index in [1.165, 1.54) is 25.5 Å². The summed E-state index contributed by atoms with van der Waals surface area (Å²) >= 11 is 0. The van der Waals surface area contributed by atoms with E-state index in [0.29, 0.717) is 0 Å². The Bertz CT molecular complexity index is 448. The Morgan fingerprint density at radius 3 is 2.41 bits per heavy atom. The van der Waals surface area contributed by atoms with Crippen molar-refractivity contribution in [2.75, 3.05) is 0 Å². The van der Waals surface area contributed by atoms with Crippen molar-refractivity contribution in [3.63, 3.8) is 0 Å². The highest BCUT2D eigenvalue weighted by molar-refractivity contribution is 5.27. The van der Waals surface area contributed by atoms with Gasteiger partial charge in [0.25, 0.3) is 0 Å². The van der Waals surface area contributed by atoms with Gasteiger partial charge in [0.05, 0.1) is 6.10 Å². The molecule has 3 rings (SSSR count). The largest absolute Gasteiger partial charge is 0.388 e. The topological polar surface area (TPSA) is 20.2 Å². The van der Waals surface area contributed by atoms with Crippen molar-refractivity contribution in [2.24, 2.45) is 17.8 Å². The summed E-state index contributed by atoms with van der Waals surface area (Å²) in [5.41, 5.74) is 0.409. The van der Waals surface area contributed by atoms with Gasteiger partial charge in [-0.2, -0.15) is 0 Å².